The van der Waals surface area contributed by atoms with Gasteiger partial charge >= 0.3 is 0 Å². The largest absolute Gasteiger partial charge is 0.302 e. The van der Waals surface area contributed by atoms with Crippen LogP contribution in [0.2, 0.25) is 0 Å². The van der Waals surface area contributed by atoms with Crippen LogP contribution in [0.3, 0.4) is 0 Å². The van der Waals surface area contributed by atoms with Crippen LogP contribution in [0, 0.1) is 5.92 Å². The van der Waals surface area contributed by atoms with Crippen LogP contribution in [-0.4, -0.2) is 48.1 Å². The van der Waals surface area contributed by atoms with Gasteiger partial charge in [-0.3, -0.25) is 4.90 Å². The molecule has 0 amide bonds. The lowest BCUT2D eigenvalue weighted by molar-refractivity contribution is 0.119. The highest BCUT2D eigenvalue weighted by atomic mass is 35.5. The zero-order valence-electron chi connectivity index (χ0n) is 19.0. The third-order valence-electron chi connectivity index (χ3n) is 6.42. The van der Waals surface area contributed by atoms with Crippen LogP contribution in [0.15, 0.2) is 60.7 Å². The first kappa shape index (κ1) is 27.0. The van der Waals surface area contributed by atoms with Crippen molar-refractivity contribution in [2.24, 2.45) is 5.92 Å². The van der Waals surface area contributed by atoms with Crippen LogP contribution in [0.1, 0.15) is 57.6 Å². The van der Waals surface area contributed by atoms with Crippen LogP contribution in [0.5, 0.6) is 0 Å². The number of piperidine rings is 1. The van der Waals surface area contributed by atoms with Gasteiger partial charge in [0.2, 0.25) is 0 Å². The average molecular weight is 452 g/mol. The molecule has 0 N–H and O–H groups in total. The minimum atomic E-state index is 0. The van der Waals surface area contributed by atoms with E-state index < -0.39 is 0 Å². The summed E-state index contributed by atoms with van der Waals surface area (Å²) in [7, 11) is 0. The molecule has 0 bridgehead atoms. The van der Waals surface area contributed by atoms with Crippen molar-refractivity contribution in [1.82, 2.24) is 9.80 Å². The Morgan fingerprint density at radius 1 is 0.767 bits per heavy atom. The number of hydrogen-bond acceptors (Lipinski definition) is 2. The summed E-state index contributed by atoms with van der Waals surface area (Å²) in [5.41, 5.74) is 2.94. The van der Waals surface area contributed by atoms with E-state index in [1.165, 1.54) is 50.1 Å². The Kier molecular flexibility index (Phi) is 12.0. The SMILES string of the molecule is CC(C)N(CCN1CCC(C(c2ccccc2)c2ccccc2)CC1)C(C)C.Cl.Cl. The molecular formula is C26H40Cl2N2. The summed E-state index contributed by atoms with van der Waals surface area (Å²) < 4.78 is 0. The average Bonchev–Trinajstić information content (AvgIpc) is 2.70. The van der Waals surface area contributed by atoms with E-state index in [-0.39, 0.29) is 24.8 Å². The molecule has 0 unspecified atom stereocenters. The molecule has 1 heterocycles. The minimum Gasteiger partial charge on any atom is -0.302 e. The van der Waals surface area contributed by atoms with Crippen LogP contribution in [0.4, 0.5) is 0 Å². The van der Waals surface area contributed by atoms with Crippen molar-refractivity contribution in [3.8, 4) is 0 Å². The van der Waals surface area contributed by atoms with Crippen LogP contribution >= 0.6 is 24.8 Å². The molecule has 1 aliphatic heterocycles. The van der Waals surface area contributed by atoms with Crippen LogP contribution < -0.4 is 0 Å². The van der Waals surface area contributed by atoms with Crippen LogP contribution in [-0.2, 0) is 0 Å². The Morgan fingerprint density at radius 3 is 1.60 bits per heavy atom. The topological polar surface area (TPSA) is 6.48 Å². The molecule has 1 fully saturated rings. The van der Waals surface area contributed by atoms with Crippen LogP contribution in [0.25, 0.3) is 0 Å². The number of nitrogens with zero attached hydrogens (tertiary/aromatic N) is 2. The van der Waals surface area contributed by atoms with Gasteiger partial charge in [0.05, 0.1) is 0 Å². The maximum Gasteiger partial charge on any atom is 0.0119 e. The summed E-state index contributed by atoms with van der Waals surface area (Å²) in [6.07, 6.45) is 2.58. The molecule has 1 saturated heterocycles. The second-order valence-electron chi connectivity index (χ2n) is 8.90. The molecule has 0 aliphatic carbocycles. The summed E-state index contributed by atoms with van der Waals surface area (Å²) in [5, 5.41) is 0. The summed E-state index contributed by atoms with van der Waals surface area (Å²) in [6, 6.07) is 23.5. The molecule has 0 radical (unpaired) electrons. The molecule has 4 heteroatoms. The van der Waals surface area contributed by atoms with E-state index in [0.717, 1.165) is 5.92 Å². The highest BCUT2D eigenvalue weighted by Crippen LogP contribution is 2.37. The van der Waals surface area contributed by atoms with Gasteiger partial charge in [-0.05, 0) is 70.7 Å². The van der Waals surface area contributed by atoms with E-state index in [9.17, 15) is 0 Å². The molecule has 30 heavy (non-hydrogen) atoms. The Labute approximate surface area is 196 Å². The monoisotopic (exact) mass is 450 g/mol. The number of likely N-dealkylation sites (tertiary alicyclic amines) is 1. The molecule has 0 spiro atoms. The van der Waals surface area contributed by atoms with Crippen molar-refractivity contribution < 1.29 is 0 Å². The van der Waals surface area contributed by atoms with Crippen molar-refractivity contribution in [1.29, 1.82) is 0 Å². The Balaban J connectivity index is 0.00000225. The molecule has 2 aromatic carbocycles. The van der Waals surface area contributed by atoms with Gasteiger partial charge in [-0.15, -0.1) is 24.8 Å². The third kappa shape index (κ3) is 7.27. The molecule has 0 saturated carbocycles. The summed E-state index contributed by atoms with van der Waals surface area (Å²) in [4.78, 5) is 5.30. The standard InChI is InChI=1S/C26H38N2.2ClH/c1-21(2)28(22(3)4)20-19-27-17-15-25(16-18-27)26(23-11-7-5-8-12-23)24-13-9-6-10-14-24;;/h5-14,21-22,25-26H,15-20H2,1-4H3;2*1H. The van der Waals surface area contributed by atoms with Gasteiger partial charge in [-0.1, -0.05) is 60.7 Å². The van der Waals surface area contributed by atoms with E-state index in [1.54, 1.807) is 0 Å². The van der Waals surface area contributed by atoms with Gasteiger partial charge in [0.1, 0.15) is 0 Å². The van der Waals surface area contributed by atoms with Gasteiger partial charge in [0.15, 0.2) is 0 Å². The lowest BCUT2D eigenvalue weighted by Crippen LogP contribution is -2.44. The van der Waals surface area contributed by atoms with Gasteiger partial charge in [0.25, 0.3) is 0 Å². The molecule has 0 atom stereocenters. The lowest BCUT2D eigenvalue weighted by atomic mass is 9.76. The number of hydrogen-bond donors (Lipinski definition) is 0. The molecule has 2 nitrogen and oxygen atoms in total. The van der Waals surface area contributed by atoms with Gasteiger partial charge in [0, 0.05) is 31.1 Å². The van der Waals surface area contributed by atoms with Crippen molar-refractivity contribution >= 4 is 24.8 Å². The Morgan fingerprint density at radius 2 is 1.20 bits per heavy atom. The quantitative estimate of drug-likeness (QED) is 0.452. The normalized spacial score (nSPS) is 15.5. The fourth-order valence-electron chi connectivity index (χ4n) is 4.94. The fourth-order valence-corrected chi connectivity index (χ4v) is 4.94. The highest BCUT2D eigenvalue weighted by Gasteiger charge is 2.29. The number of rotatable bonds is 8. The zero-order chi connectivity index (χ0) is 19.9. The first-order valence-corrected chi connectivity index (χ1v) is 11.1. The van der Waals surface area contributed by atoms with Crippen molar-refractivity contribution in [3.05, 3.63) is 71.8 Å². The molecule has 3 rings (SSSR count). The van der Waals surface area contributed by atoms with E-state index in [2.05, 4.69) is 98.2 Å². The van der Waals surface area contributed by atoms with Gasteiger partial charge in [-0.25, -0.2) is 0 Å². The fraction of sp³-hybridized carbons (Fsp3) is 0.538. The highest BCUT2D eigenvalue weighted by molar-refractivity contribution is 5.85. The van der Waals surface area contributed by atoms with Gasteiger partial charge < -0.3 is 4.90 Å². The summed E-state index contributed by atoms with van der Waals surface area (Å²) >= 11 is 0. The zero-order valence-corrected chi connectivity index (χ0v) is 20.7. The number of benzene rings is 2. The predicted molar refractivity (Wildman–Crippen MR) is 135 cm³/mol. The first-order valence-electron chi connectivity index (χ1n) is 11.1. The maximum atomic E-state index is 2.68. The van der Waals surface area contributed by atoms with E-state index in [1.807, 2.05) is 0 Å². The Bertz CT molecular complexity index is 635. The molecule has 2 aromatic rings. The van der Waals surface area contributed by atoms with E-state index >= 15 is 0 Å². The predicted octanol–water partition coefficient (Wildman–Crippen LogP) is 6.49. The first-order chi connectivity index (χ1) is 13.6. The lowest BCUT2D eigenvalue weighted by Gasteiger charge is -2.38. The third-order valence-corrected chi connectivity index (χ3v) is 6.42. The molecule has 1 aliphatic rings. The minimum absolute atomic E-state index is 0. The molecular weight excluding hydrogens is 411 g/mol. The summed E-state index contributed by atoms with van der Waals surface area (Å²) in [5.74, 6) is 1.25. The summed E-state index contributed by atoms with van der Waals surface area (Å²) in [6.45, 7) is 14.1. The number of halogens is 2. The molecule has 0 aromatic heterocycles. The smallest absolute Gasteiger partial charge is 0.0119 e. The van der Waals surface area contributed by atoms with Gasteiger partial charge in [-0.2, -0.15) is 0 Å². The Hall–Kier alpha value is -1.06. The van der Waals surface area contributed by atoms with Crippen molar-refractivity contribution in [2.75, 3.05) is 26.2 Å². The van der Waals surface area contributed by atoms with Crippen molar-refractivity contribution in [2.45, 2.75) is 58.5 Å². The second-order valence-corrected chi connectivity index (χ2v) is 8.90. The van der Waals surface area contributed by atoms with E-state index in [0.29, 0.717) is 18.0 Å². The van der Waals surface area contributed by atoms with Crippen molar-refractivity contribution in [3.63, 3.8) is 0 Å². The van der Waals surface area contributed by atoms with E-state index in [4.69, 9.17) is 0 Å². The second kappa shape index (κ2) is 13.4. The molecule has 168 valence electrons. The maximum absolute atomic E-state index is 2.68.